The third-order valence-corrected chi connectivity index (χ3v) is 1.92. The van der Waals surface area contributed by atoms with Crippen LogP contribution in [0.2, 0.25) is 0 Å². The fourth-order valence-electron chi connectivity index (χ4n) is 1.45. The first-order valence-electron chi connectivity index (χ1n) is 5.23. The molecule has 0 heterocycles. The fraction of sp³-hybridized carbons (Fsp3) is 0.667. The maximum Gasteiger partial charge on any atom is 0.243 e. The Labute approximate surface area is 91.9 Å². The molecule has 0 fully saturated rings. The van der Waals surface area contributed by atoms with E-state index >= 15 is 0 Å². The van der Waals surface area contributed by atoms with Crippen LogP contribution < -0.4 is 5.32 Å². The van der Waals surface area contributed by atoms with Crippen molar-refractivity contribution in [2.24, 2.45) is 5.92 Å². The molecule has 0 aliphatic carbocycles. The summed E-state index contributed by atoms with van der Waals surface area (Å²) in [7, 11) is 0. The van der Waals surface area contributed by atoms with Gasteiger partial charge in [0.2, 0.25) is 5.91 Å². The molecule has 0 spiro atoms. The number of Topliss-reactive ketones (excluding diaryl/α,β-unsaturated/α-hetero) is 1. The zero-order chi connectivity index (χ0) is 12.1. The van der Waals surface area contributed by atoms with E-state index in [-0.39, 0.29) is 11.7 Å². The Hall–Kier alpha value is -1.12. The molecule has 0 saturated carbocycles. The number of nitrogens with one attached hydrogen (secondary N) is 1. The fourth-order valence-corrected chi connectivity index (χ4v) is 1.45. The van der Waals surface area contributed by atoms with E-state index in [4.69, 9.17) is 0 Å². The van der Waals surface area contributed by atoms with Gasteiger partial charge in [-0.25, -0.2) is 0 Å². The van der Waals surface area contributed by atoms with Gasteiger partial charge in [0, 0.05) is 18.4 Å². The number of carbonyl (C=O) groups excluding carboxylic acids is 2. The molecule has 0 aromatic heterocycles. The number of rotatable bonds is 6. The van der Waals surface area contributed by atoms with Crippen molar-refractivity contribution < 1.29 is 9.59 Å². The lowest BCUT2D eigenvalue weighted by Gasteiger charge is -2.25. The highest BCUT2D eigenvalue weighted by Gasteiger charge is 2.23. The third kappa shape index (κ3) is 6.89. The number of hydrogen-bond acceptors (Lipinski definition) is 2. The van der Waals surface area contributed by atoms with Crippen molar-refractivity contribution in [2.45, 2.75) is 46.1 Å². The average molecular weight is 211 g/mol. The first kappa shape index (κ1) is 13.9. The summed E-state index contributed by atoms with van der Waals surface area (Å²) in [6.45, 7) is 11.1. The van der Waals surface area contributed by atoms with E-state index in [1.54, 1.807) is 0 Å². The maximum absolute atomic E-state index is 11.6. The monoisotopic (exact) mass is 211 g/mol. The molecular formula is C12H21NO2. The van der Waals surface area contributed by atoms with E-state index in [0.29, 0.717) is 18.8 Å². The SMILES string of the molecule is C=CC(=O)NC(C)(C)CC(=O)CC(C)C. The number of amides is 1. The van der Waals surface area contributed by atoms with Crippen molar-refractivity contribution >= 4 is 11.7 Å². The summed E-state index contributed by atoms with van der Waals surface area (Å²) < 4.78 is 0. The van der Waals surface area contributed by atoms with E-state index in [9.17, 15) is 9.59 Å². The van der Waals surface area contributed by atoms with Crippen LogP contribution in [0.3, 0.4) is 0 Å². The van der Waals surface area contributed by atoms with Crippen LogP contribution in [0.4, 0.5) is 0 Å². The predicted octanol–water partition coefficient (Wildman–Crippen LogP) is 2.07. The molecule has 15 heavy (non-hydrogen) atoms. The van der Waals surface area contributed by atoms with Crippen molar-refractivity contribution in [2.75, 3.05) is 0 Å². The first-order chi connectivity index (χ1) is 6.76. The predicted molar refractivity (Wildman–Crippen MR) is 61.5 cm³/mol. The van der Waals surface area contributed by atoms with E-state index < -0.39 is 5.54 Å². The van der Waals surface area contributed by atoms with Gasteiger partial charge < -0.3 is 5.32 Å². The molecule has 86 valence electrons. The summed E-state index contributed by atoms with van der Waals surface area (Å²) in [5.74, 6) is 0.306. The molecule has 0 radical (unpaired) electrons. The molecule has 0 atom stereocenters. The van der Waals surface area contributed by atoms with Gasteiger partial charge in [0.25, 0.3) is 0 Å². The van der Waals surface area contributed by atoms with Gasteiger partial charge >= 0.3 is 0 Å². The van der Waals surface area contributed by atoms with Crippen LogP contribution in [0.15, 0.2) is 12.7 Å². The lowest BCUT2D eigenvalue weighted by Crippen LogP contribution is -2.44. The summed E-state index contributed by atoms with van der Waals surface area (Å²) in [5.41, 5.74) is -0.489. The molecule has 3 heteroatoms. The summed E-state index contributed by atoms with van der Waals surface area (Å²) >= 11 is 0. The molecule has 0 bridgehead atoms. The Morgan fingerprint density at radius 3 is 2.33 bits per heavy atom. The minimum atomic E-state index is -0.489. The normalized spacial score (nSPS) is 11.3. The van der Waals surface area contributed by atoms with Crippen molar-refractivity contribution in [1.82, 2.24) is 5.32 Å². The highest BCUT2D eigenvalue weighted by molar-refractivity contribution is 5.88. The van der Waals surface area contributed by atoms with Gasteiger partial charge in [-0.05, 0) is 25.8 Å². The molecule has 0 aromatic rings. The van der Waals surface area contributed by atoms with Gasteiger partial charge in [-0.2, -0.15) is 0 Å². The quantitative estimate of drug-likeness (QED) is 0.684. The van der Waals surface area contributed by atoms with Gasteiger partial charge in [-0.1, -0.05) is 20.4 Å². The Morgan fingerprint density at radius 1 is 1.40 bits per heavy atom. The topological polar surface area (TPSA) is 46.2 Å². The number of hydrogen-bond donors (Lipinski definition) is 1. The zero-order valence-corrected chi connectivity index (χ0v) is 10.1. The van der Waals surface area contributed by atoms with E-state index in [0.717, 1.165) is 0 Å². The van der Waals surface area contributed by atoms with Crippen molar-refractivity contribution in [3.8, 4) is 0 Å². The Bertz CT molecular complexity index is 254. The van der Waals surface area contributed by atoms with Gasteiger partial charge in [0.05, 0.1) is 0 Å². The van der Waals surface area contributed by atoms with Crippen molar-refractivity contribution in [1.29, 1.82) is 0 Å². The maximum atomic E-state index is 11.6. The van der Waals surface area contributed by atoms with Gasteiger partial charge in [0.1, 0.15) is 5.78 Å². The second-order valence-electron chi connectivity index (χ2n) is 4.89. The van der Waals surface area contributed by atoms with Crippen LogP contribution in [-0.2, 0) is 9.59 Å². The van der Waals surface area contributed by atoms with Gasteiger partial charge in [-0.15, -0.1) is 0 Å². The molecule has 0 aromatic carbocycles. The Kier molecular flexibility index (Phi) is 5.26. The van der Waals surface area contributed by atoms with E-state index in [2.05, 4.69) is 11.9 Å². The molecule has 0 rings (SSSR count). The summed E-state index contributed by atoms with van der Waals surface area (Å²) in [4.78, 5) is 22.7. The molecule has 1 amide bonds. The Balaban J connectivity index is 4.18. The molecule has 0 aliphatic rings. The Morgan fingerprint density at radius 2 is 1.93 bits per heavy atom. The summed E-state index contributed by atoms with van der Waals surface area (Å²) in [6.07, 6.45) is 2.15. The largest absolute Gasteiger partial charge is 0.347 e. The van der Waals surface area contributed by atoms with Crippen LogP contribution in [0.25, 0.3) is 0 Å². The number of carbonyl (C=O) groups is 2. The van der Waals surface area contributed by atoms with Gasteiger partial charge in [0.15, 0.2) is 0 Å². The standard InChI is InChI=1S/C12H21NO2/c1-6-11(15)13-12(4,5)8-10(14)7-9(2)3/h6,9H,1,7-8H2,2-5H3,(H,13,15). The molecular weight excluding hydrogens is 190 g/mol. The second kappa shape index (κ2) is 5.69. The van der Waals surface area contributed by atoms with Crippen LogP contribution in [0.1, 0.15) is 40.5 Å². The zero-order valence-electron chi connectivity index (χ0n) is 10.1. The van der Waals surface area contributed by atoms with Crippen LogP contribution in [0, 0.1) is 5.92 Å². The lowest BCUT2D eigenvalue weighted by atomic mass is 9.93. The molecule has 0 unspecified atom stereocenters. The average Bonchev–Trinajstić information content (AvgIpc) is 1.99. The smallest absolute Gasteiger partial charge is 0.243 e. The summed E-state index contributed by atoms with van der Waals surface area (Å²) in [6, 6.07) is 0. The molecule has 0 aliphatic heterocycles. The first-order valence-corrected chi connectivity index (χ1v) is 5.23. The highest BCUT2D eigenvalue weighted by atomic mass is 16.1. The van der Waals surface area contributed by atoms with Crippen molar-refractivity contribution in [3.63, 3.8) is 0 Å². The minimum Gasteiger partial charge on any atom is -0.347 e. The van der Waals surface area contributed by atoms with Crippen LogP contribution in [-0.4, -0.2) is 17.2 Å². The molecule has 1 N–H and O–H groups in total. The second-order valence-corrected chi connectivity index (χ2v) is 4.89. The minimum absolute atomic E-state index is 0.180. The van der Waals surface area contributed by atoms with Crippen LogP contribution in [0.5, 0.6) is 0 Å². The van der Waals surface area contributed by atoms with Crippen molar-refractivity contribution in [3.05, 3.63) is 12.7 Å². The van der Waals surface area contributed by atoms with Crippen LogP contribution >= 0.6 is 0 Å². The number of ketones is 1. The molecule has 3 nitrogen and oxygen atoms in total. The third-order valence-electron chi connectivity index (χ3n) is 1.92. The highest BCUT2D eigenvalue weighted by Crippen LogP contribution is 2.13. The van der Waals surface area contributed by atoms with E-state index in [1.165, 1.54) is 6.08 Å². The molecule has 0 saturated heterocycles. The van der Waals surface area contributed by atoms with Gasteiger partial charge in [-0.3, -0.25) is 9.59 Å². The summed E-state index contributed by atoms with van der Waals surface area (Å²) in [5, 5.41) is 2.73. The van der Waals surface area contributed by atoms with E-state index in [1.807, 2.05) is 27.7 Å². The lowest BCUT2D eigenvalue weighted by molar-refractivity contribution is -0.122.